The zero-order valence-corrected chi connectivity index (χ0v) is 14.3. The molecule has 0 atom stereocenters. The maximum Gasteiger partial charge on any atom is 1.00 e. The van der Waals surface area contributed by atoms with Gasteiger partial charge in [0.1, 0.15) is 11.4 Å². The van der Waals surface area contributed by atoms with Crippen LogP contribution in [0.2, 0.25) is 0 Å². The van der Waals surface area contributed by atoms with E-state index < -0.39 is 29.2 Å². The fourth-order valence-electron chi connectivity index (χ4n) is 2.22. The molecule has 0 N–H and O–H groups in total. The number of ether oxygens (including phenoxy) is 1. The fraction of sp³-hybridized carbons (Fsp3) is 0.533. The van der Waals surface area contributed by atoms with Crippen LogP contribution in [0.5, 0.6) is 0 Å². The Bertz CT molecular complexity index is 613. The average molecular weight is 331 g/mol. The predicted molar refractivity (Wildman–Crippen MR) is 78.5 cm³/mol. The molecular weight excluding hydrogens is 312 g/mol. The van der Waals surface area contributed by atoms with Gasteiger partial charge in [0.2, 0.25) is 0 Å². The van der Waals surface area contributed by atoms with Crippen LogP contribution in [0.1, 0.15) is 31.3 Å². The number of amides is 1. The number of rotatable bonds is 2. The van der Waals surface area contributed by atoms with E-state index in [-0.39, 0.29) is 24.5 Å². The number of halogens is 1. The van der Waals surface area contributed by atoms with Gasteiger partial charge >= 0.3 is 25.0 Å². The molecule has 9 heteroatoms. The van der Waals surface area contributed by atoms with Crippen LogP contribution in [-0.4, -0.2) is 53.7 Å². The van der Waals surface area contributed by atoms with E-state index in [9.17, 15) is 19.1 Å². The Morgan fingerprint density at radius 1 is 1.25 bits per heavy atom. The molecule has 1 aliphatic heterocycles. The minimum atomic E-state index is -1.52. The summed E-state index contributed by atoms with van der Waals surface area (Å²) in [7, 11) is 0. The SMILES string of the molecule is CC(C)(C)OC(=O)N1CCN(c2cnc(C(=O)[O-])cc2F)CC1.[Li+]. The first kappa shape index (κ1) is 20.3. The molecule has 2 rings (SSSR count). The first-order valence-electron chi connectivity index (χ1n) is 7.27. The Labute approximate surface area is 152 Å². The maximum atomic E-state index is 14.0. The number of aromatic carboxylic acids is 1. The monoisotopic (exact) mass is 331 g/mol. The number of carboxylic acids is 1. The first-order chi connectivity index (χ1) is 10.7. The molecular formula is C15H19FLiN3O4. The molecule has 1 aliphatic rings. The molecule has 1 saturated heterocycles. The van der Waals surface area contributed by atoms with Gasteiger partial charge in [-0.1, -0.05) is 0 Å². The summed E-state index contributed by atoms with van der Waals surface area (Å²) in [5, 5.41) is 10.7. The maximum absolute atomic E-state index is 14.0. The molecule has 0 spiro atoms. The zero-order chi connectivity index (χ0) is 17.2. The number of hydrogen-bond acceptors (Lipinski definition) is 6. The molecule has 24 heavy (non-hydrogen) atoms. The molecule has 0 radical (unpaired) electrons. The summed E-state index contributed by atoms with van der Waals surface area (Å²) in [5.74, 6) is -2.20. The molecule has 1 aromatic rings. The van der Waals surface area contributed by atoms with Crippen molar-refractivity contribution in [1.82, 2.24) is 9.88 Å². The van der Waals surface area contributed by atoms with Crippen LogP contribution in [0.4, 0.5) is 14.9 Å². The van der Waals surface area contributed by atoms with E-state index in [0.29, 0.717) is 26.2 Å². The summed E-state index contributed by atoms with van der Waals surface area (Å²) >= 11 is 0. The molecule has 126 valence electrons. The number of pyridine rings is 1. The molecule has 0 saturated carbocycles. The predicted octanol–water partition coefficient (Wildman–Crippen LogP) is -2.35. The summed E-state index contributed by atoms with van der Waals surface area (Å²) in [5.41, 5.74) is -0.803. The van der Waals surface area contributed by atoms with Gasteiger partial charge in [0, 0.05) is 32.2 Å². The summed E-state index contributed by atoms with van der Waals surface area (Å²) in [6.45, 7) is 6.96. The number of carbonyl (C=O) groups excluding carboxylic acids is 2. The Hall–Kier alpha value is -1.78. The van der Waals surface area contributed by atoms with Crippen molar-refractivity contribution in [2.45, 2.75) is 26.4 Å². The van der Waals surface area contributed by atoms with Gasteiger partial charge in [-0.15, -0.1) is 0 Å². The minimum Gasteiger partial charge on any atom is -0.543 e. The third-order valence-electron chi connectivity index (χ3n) is 3.32. The largest absolute Gasteiger partial charge is 1.00 e. The summed E-state index contributed by atoms with van der Waals surface area (Å²) in [6.07, 6.45) is 0.770. The molecule has 0 bridgehead atoms. The van der Waals surface area contributed by atoms with Gasteiger partial charge < -0.3 is 24.4 Å². The van der Waals surface area contributed by atoms with E-state index in [4.69, 9.17) is 4.74 Å². The second-order valence-corrected chi connectivity index (χ2v) is 6.26. The Morgan fingerprint density at radius 2 is 1.83 bits per heavy atom. The number of aromatic nitrogens is 1. The van der Waals surface area contributed by atoms with E-state index >= 15 is 0 Å². The van der Waals surface area contributed by atoms with Crippen LogP contribution in [0.15, 0.2) is 12.3 Å². The van der Waals surface area contributed by atoms with E-state index in [1.165, 1.54) is 6.20 Å². The van der Waals surface area contributed by atoms with Crippen molar-refractivity contribution < 1.29 is 42.7 Å². The van der Waals surface area contributed by atoms with Gasteiger partial charge in [-0.25, -0.2) is 9.18 Å². The van der Waals surface area contributed by atoms with Gasteiger partial charge in [0.25, 0.3) is 0 Å². The van der Waals surface area contributed by atoms with Crippen LogP contribution in [0.3, 0.4) is 0 Å². The number of nitrogens with zero attached hydrogens (tertiary/aromatic N) is 3. The van der Waals surface area contributed by atoms with E-state index in [1.807, 2.05) is 0 Å². The van der Waals surface area contributed by atoms with Crippen molar-refractivity contribution in [2.75, 3.05) is 31.1 Å². The summed E-state index contributed by atoms with van der Waals surface area (Å²) in [4.78, 5) is 29.6. The van der Waals surface area contributed by atoms with Crippen LogP contribution in [0, 0.1) is 5.82 Å². The van der Waals surface area contributed by atoms with Crippen LogP contribution in [0.25, 0.3) is 0 Å². The van der Waals surface area contributed by atoms with Gasteiger partial charge in [-0.2, -0.15) is 0 Å². The molecule has 7 nitrogen and oxygen atoms in total. The number of piperazine rings is 1. The standard InChI is InChI=1S/C15H20FN3O4.Li/c1-15(2,3)23-14(22)19-6-4-18(5-7-19)12-9-17-11(13(20)21)8-10(12)16;/h8-9H,4-7H2,1-3H3,(H,20,21);/q;+1/p-1. The molecule has 2 heterocycles. The second kappa shape index (κ2) is 7.86. The summed E-state index contributed by atoms with van der Waals surface area (Å²) in [6, 6.07) is 0.838. The number of anilines is 1. The third kappa shape index (κ3) is 5.11. The van der Waals surface area contributed by atoms with E-state index in [1.54, 1.807) is 30.6 Å². The van der Waals surface area contributed by atoms with Gasteiger partial charge in [0.15, 0.2) is 0 Å². The molecule has 0 aliphatic carbocycles. The smallest absolute Gasteiger partial charge is 0.543 e. The molecule has 0 unspecified atom stereocenters. The third-order valence-corrected chi connectivity index (χ3v) is 3.32. The number of hydrogen-bond donors (Lipinski definition) is 0. The van der Waals surface area contributed by atoms with Crippen molar-refractivity contribution in [3.63, 3.8) is 0 Å². The van der Waals surface area contributed by atoms with E-state index in [2.05, 4.69) is 4.98 Å². The fourth-order valence-corrected chi connectivity index (χ4v) is 2.22. The quantitative estimate of drug-likeness (QED) is 0.564. The van der Waals surface area contributed by atoms with Gasteiger partial charge in [-0.05, 0) is 20.8 Å². The van der Waals surface area contributed by atoms with Crippen molar-refractivity contribution in [2.24, 2.45) is 0 Å². The van der Waals surface area contributed by atoms with Crippen molar-refractivity contribution in [3.05, 3.63) is 23.8 Å². The molecule has 0 aromatic carbocycles. The Kier molecular flexibility index (Phi) is 6.64. The van der Waals surface area contributed by atoms with Gasteiger partial charge in [-0.3, -0.25) is 4.98 Å². The van der Waals surface area contributed by atoms with Crippen LogP contribution < -0.4 is 28.9 Å². The van der Waals surface area contributed by atoms with E-state index in [0.717, 1.165) is 6.07 Å². The number of carboxylic acid groups (broad SMARTS) is 1. The van der Waals surface area contributed by atoms with Crippen molar-refractivity contribution in [3.8, 4) is 0 Å². The molecule has 1 amide bonds. The zero-order valence-electron chi connectivity index (χ0n) is 14.3. The molecule has 1 fully saturated rings. The van der Waals surface area contributed by atoms with Crippen LogP contribution in [-0.2, 0) is 4.74 Å². The summed E-state index contributed by atoms with van der Waals surface area (Å²) < 4.78 is 19.3. The Balaban J connectivity index is 0.00000288. The first-order valence-corrected chi connectivity index (χ1v) is 7.27. The Morgan fingerprint density at radius 3 is 2.29 bits per heavy atom. The normalized spacial score (nSPS) is 14.8. The second-order valence-electron chi connectivity index (χ2n) is 6.26. The average Bonchev–Trinajstić information content (AvgIpc) is 2.45. The van der Waals surface area contributed by atoms with Crippen molar-refractivity contribution in [1.29, 1.82) is 0 Å². The van der Waals surface area contributed by atoms with Crippen molar-refractivity contribution >= 4 is 17.7 Å². The number of carbonyl (C=O) groups is 2. The van der Waals surface area contributed by atoms with Crippen LogP contribution >= 0.6 is 0 Å². The topological polar surface area (TPSA) is 85.8 Å². The minimum absolute atomic E-state index is 0. The molecule has 1 aromatic heterocycles. The van der Waals surface area contributed by atoms with Gasteiger partial charge in [0.05, 0.1) is 23.5 Å².